The fourth-order valence-electron chi connectivity index (χ4n) is 1.96. The summed E-state index contributed by atoms with van der Waals surface area (Å²) in [5, 5.41) is 6.68. The number of rotatable bonds is 3. The van der Waals surface area contributed by atoms with Crippen molar-refractivity contribution in [2.45, 2.75) is 13.8 Å². The standard InChI is InChI=1S/C15H13N5O2/c1-9-7-11(14-18-10(2)22-20-14)3-4-12(9)19-15(21)13-8-16-5-6-17-13/h3-8H,1-2H3,(H,19,21). The second-order valence-corrected chi connectivity index (χ2v) is 4.71. The van der Waals surface area contributed by atoms with E-state index in [1.165, 1.54) is 18.6 Å². The van der Waals surface area contributed by atoms with E-state index in [1.807, 2.05) is 19.1 Å². The van der Waals surface area contributed by atoms with E-state index in [-0.39, 0.29) is 11.6 Å². The van der Waals surface area contributed by atoms with Crippen LogP contribution in [0.25, 0.3) is 11.4 Å². The van der Waals surface area contributed by atoms with Crippen LogP contribution in [-0.4, -0.2) is 26.0 Å². The number of amides is 1. The highest BCUT2D eigenvalue weighted by molar-refractivity contribution is 6.03. The monoisotopic (exact) mass is 295 g/mol. The van der Waals surface area contributed by atoms with Gasteiger partial charge in [0.15, 0.2) is 0 Å². The van der Waals surface area contributed by atoms with E-state index in [0.717, 1.165) is 11.1 Å². The van der Waals surface area contributed by atoms with E-state index in [9.17, 15) is 4.79 Å². The first kappa shape index (κ1) is 13.9. The molecule has 0 aliphatic rings. The van der Waals surface area contributed by atoms with Crippen LogP contribution in [0, 0.1) is 13.8 Å². The highest BCUT2D eigenvalue weighted by Crippen LogP contribution is 2.23. The summed E-state index contributed by atoms with van der Waals surface area (Å²) in [6, 6.07) is 5.50. The maximum Gasteiger partial charge on any atom is 0.275 e. The van der Waals surface area contributed by atoms with Crippen molar-refractivity contribution in [3.63, 3.8) is 0 Å². The Morgan fingerprint density at radius 1 is 1.23 bits per heavy atom. The molecule has 0 aliphatic carbocycles. The van der Waals surface area contributed by atoms with E-state index in [2.05, 4.69) is 25.4 Å². The Morgan fingerprint density at radius 3 is 2.73 bits per heavy atom. The Labute approximate surface area is 126 Å². The number of hydrogen-bond acceptors (Lipinski definition) is 6. The van der Waals surface area contributed by atoms with Gasteiger partial charge in [0.25, 0.3) is 5.91 Å². The highest BCUT2D eigenvalue weighted by Gasteiger charge is 2.11. The molecule has 1 aromatic carbocycles. The molecule has 2 aromatic heterocycles. The molecule has 0 radical (unpaired) electrons. The fraction of sp³-hybridized carbons (Fsp3) is 0.133. The first-order chi connectivity index (χ1) is 10.6. The summed E-state index contributed by atoms with van der Waals surface area (Å²) in [5.41, 5.74) is 2.67. The number of aryl methyl sites for hydroxylation is 2. The molecule has 0 aliphatic heterocycles. The second-order valence-electron chi connectivity index (χ2n) is 4.71. The molecular weight excluding hydrogens is 282 g/mol. The number of nitrogens with zero attached hydrogens (tertiary/aromatic N) is 4. The Morgan fingerprint density at radius 2 is 2.09 bits per heavy atom. The zero-order valence-corrected chi connectivity index (χ0v) is 12.1. The number of nitrogens with one attached hydrogen (secondary N) is 1. The van der Waals surface area contributed by atoms with Crippen molar-refractivity contribution in [1.29, 1.82) is 0 Å². The molecule has 0 unspecified atom stereocenters. The summed E-state index contributed by atoms with van der Waals surface area (Å²) >= 11 is 0. The van der Waals surface area contributed by atoms with Gasteiger partial charge in [0, 0.05) is 30.6 Å². The van der Waals surface area contributed by atoms with Crippen LogP contribution in [0.1, 0.15) is 21.9 Å². The van der Waals surface area contributed by atoms with Crippen molar-refractivity contribution in [3.05, 3.63) is 53.9 Å². The summed E-state index contributed by atoms with van der Waals surface area (Å²) in [5.74, 6) is 0.722. The zero-order chi connectivity index (χ0) is 15.5. The van der Waals surface area contributed by atoms with E-state index in [0.29, 0.717) is 17.4 Å². The van der Waals surface area contributed by atoms with Gasteiger partial charge in [0.05, 0.1) is 6.20 Å². The summed E-state index contributed by atoms with van der Waals surface area (Å²) < 4.78 is 4.97. The molecule has 3 aromatic rings. The maximum atomic E-state index is 12.1. The molecule has 0 fully saturated rings. The third-order valence-electron chi connectivity index (χ3n) is 3.06. The van der Waals surface area contributed by atoms with Crippen LogP contribution in [0.2, 0.25) is 0 Å². The molecule has 7 nitrogen and oxygen atoms in total. The number of carbonyl (C=O) groups excluding carboxylic acids is 1. The van der Waals surface area contributed by atoms with Gasteiger partial charge in [0.2, 0.25) is 11.7 Å². The lowest BCUT2D eigenvalue weighted by Crippen LogP contribution is -2.14. The normalized spacial score (nSPS) is 10.5. The summed E-state index contributed by atoms with van der Waals surface area (Å²) in [7, 11) is 0. The third-order valence-corrected chi connectivity index (χ3v) is 3.06. The largest absolute Gasteiger partial charge is 0.339 e. The van der Waals surface area contributed by atoms with Gasteiger partial charge in [-0.2, -0.15) is 4.98 Å². The molecule has 110 valence electrons. The van der Waals surface area contributed by atoms with E-state index in [1.54, 1.807) is 13.0 Å². The number of aromatic nitrogens is 4. The van der Waals surface area contributed by atoms with Crippen LogP contribution >= 0.6 is 0 Å². The quantitative estimate of drug-likeness (QED) is 0.797. The fourth-order valence-corrected chi connectivity index (χ4v) is 1.96. The molecule has 7 heteroatoms. The Bertz CT molecular complexity index is 814. The summed E-state index contributed by atoms with van der Waals surface area (Å²) in [6.07, 6.45) is 4.41. The van der Waals surface area contributed by atoms with Gasteiger partial charge in [-0.25, -0.2) is 4.98 Å². The molecule has 1 amide bonds. The number of hydrogen-bond donors (Lipinski definition) is 1. The molecule has 0 saturated carbocycles. The molecule has 0 bridgehead atoms. The van der Waals surface area contributed by atoms with Gasteiger partial charge in [-0.1, -0.05) is 5.16 Å². The lowest BCUT2D eigenvalue weighted by Gasteiger charge is -2.08. The van der Waals surface area contributed by atoms with Gasteiger partial charge in [0.1, 0.15) is 5.69 Å². The number of carbonyl (C=O) groups is 1. The van der Waals surface area contributed by atoms with Gasteiger partial charge in [-0.05, 0) is 30.7 Å². The summed E-state index contributed by atoms with van der Waals surface area (Å²) in [4.78, 5) is 24.1. The molecule has 2 heterocycles. The molecular formula is C15H13N5O2. The number of benzene rings is 1. The predicted molar refractivity (Wildman–Crippen MR) is 79.2 cm³/mol. The van der Waals surface area contributed by atoms with E-state index >= 15 is 0 Å². The lowest BCUT2D eigenvalue weighted by molar-refractivity contribution is 0.102. The Balaban J connectivity index is 1.82. The molecule has 0 spiro atoms. The smallest absolute Gasteiger partial charge is 0.275 e. The van der Waals surface area contributed by atoms with Crippen molar-refractivity contribution in [1.82, 2.24) is 20.1 Å². The summed E-state index contributed by atoms with van der Waals surface area (Å²) in [6.45, 7) is 3.63. The van der Waals surface area contributed by atoms with Crippen molar-refractivity contribution in [2.75, 3.05) is 5.32 Å². The first-order valence-electron chi connectivity index (χ1n) is 6.62. The minimum atomic E-state index is -0.306. The van der Waals surface area contributed by atoms with Gasteiger partial charge >= 0.3 is 0 Å². The van der Waals surface area contributed by atoms with E-state index in [4.69, 9.17) is 4.52 Å². The first-order valence-corrected chi connectivity index (χ1v) is 6.62. The van der Waals surface area contributed by atoms with E-state index < -0.39 is 0 Å². The van der Waals surface area contributed by atoms with Gasteiger partial charge < -0.3 is 9.84 Å². The average molecular weight is 295 g/mol. The predicted octanol–water partition coefficient (Wildman–Crippen LogP) is 2.40. The van der Waals surface area contributed by atoms with Crippen LogP contribution in [0.15, 0.2) is 41.3 Å². The lowest BCUT2D eigenvalue weighted by atomic mass is 10.1. The topological polar surface area (TPSA) is 93.8 Å². The van der Waals surface area contributed by atoms with Crippen molar-refractivity contribution >= 4 is 11.6 Å². The minimum Gasteiger partial charge on any atom is -0.339 e. The molecule has 3 rings (SSSR count). The second kappa shape index (κ2) is 5.72. The molecule has 22 heavy (non-hydrogen) atoms. The molecule has 0 saturated heterocycles. The number of anilines is 1. The Hall–Kier alpha value is -3.09. The van der Waals surface area contributed by atoms with Gasteiger partial charge in [-0.15, -0.1) is 0 Å². The van der Waals surface area contributed by atoms with Crippen molar-refractivity contribution < 1.29 is 9.32 Å². The molecule has 0 atom stereocenters. The zero-order valence-electron chi connectivity index (χ0n) is 12.1. The molecule has 1 N–H and O–H groups in total. The average Bonchev–Trinajstić information content (AvgIpc) is 2.96. The van der Waals surface area contributed by atoms with Crippen LogP contribution in [0.3, 0.4) is 0 Å². The van der Waals surface area contributed by atoms with Crippen LogP contribution in [0.5, 0.6) is 0 Å². The van der Waals surface area contributed by atoms with Crippen LogP contribution in [0.4, 0.5) is 5.69 Å². The van der Waals surface area contributed by atoms with Crippen molar-refractivity contribution in [3.8, 4) is 11.4 Å². The maximum absolute atomic E-state index is 12.1. The minimum absolute atomic E-state index is 0.264. The Kier molecular flexibility index (Phi) is 3.61. The highest BCUT2D eigenvalue weighted by atomic mass is 16.5. The van der Waals surface area contributed by atoms with Gasteiger partial charge in [-0.3, -0.25) is 9.78 Å². The SMILES string of the molecule is Cc1nc(-c2ccc(NC(=O)c3cnccn3)c(C)c2)no1. The van der Waals surface area contributed by atoms with Crippen molar-refractivity contribution in [2.24, 2.45) is 0 Å². The third kappa shape index (κ3) is 2.83. The van der Waals surface area contributed by atoms with Crippen LogP contribution < -0.4 is 5.32 Å². The van der Waals surface area contributed by atoms with Crippen LogP contribution in [-0.2, 0) is 0 Å².